The van der Waals surface area contributed by atoms with Crippen molar-refractivity contribution in [2.45, 2.75) is 31.8 Å². The van der Waals surface area contributed by atoms with Gasteiger partial charge in [-0.25, -0.2) is 4.79 Å². The molecule has 1 aromatic rings. The summed E-state index contributed by atoms with van der Waals surface area (Å²) in [5.74, 6) is 0.426. The predicted molar refractivity (Wildman–Crippen MR) is 61.9 cm³/mol. The van der Waals surface area contributed by atoms with Gasteiger partial charge in [0, 0.05) is 5.92 Å². The monoisotopic (exact) mass is 219 g/mol. The minimum absolute atomic E-state index is 0.0118. The molecule has 0 bridgehead atoms. The third-order valence-electron chi connectivity index (χ3n) is 3.20. The molecule has 0 aromatic heterocycles. The maximum Gasteiger partial charge on any atom is 0.404 e. The topological polar surface area (TPSA) is 52.3 Å². The van der Waals surface area contributed by atoms with Gasteiger partial charge in [0.25, 0.3) is 0 Å². The first kappa shape index (κ1) is 11.0. The molecule has 1 aromatic carbocycles. The quantitative estimate of drug-likeness (QED) is 0.849. The van der Waals surface area contributed by atoms with Crippen LogP contribution in [0.25, 0.3) is 0 Å². The minimum Gasteiger partial charge on any atom is -0.446 e. The molecule has 1 amide bonds. The Morgan fingerprint density at radius 3 is 2.75 bits per heavy atom. The Hall–Kier alpha value is -1.51. The van der Waals surface area contributed by atoms with E-state index < -0.39 is 6.09 Å². The summed E-state index contributed by atoms with van der Waals surface area (Å²) in [5, 5.41) is 0. The van der Waals surface area contributed by atoms with Crippen molar-refractivity contribution in [3.05, 3.63) is 35.9 Å². The Balaban J connectivity index is 1.96. The first-order valence-electron chi connectivity index (χ1n) is 5.75. The number of ether oxygens (including phenoxy) is 1. The van der Waals surface area contributed by atoms with Gasteiger partial charge < -0.3 is 10.5 Å². The first-order chi connectivity index (χ1) is 7.75. The van der Waals surface area contributed by atoms with Crippen molar-refractivity contribution in [1.29, 1.82) is 0 Å². The van der Waals surface area contributed by atoms with Crippen LogP contribution < -0.4 is 5.73 Å². The van der Waals surface area contributed by atoms with Crippen LogP contribution in [0.5, 0.6) is 0 Å². The fourth-order valence-corrected chi connectivity index (χ4v) is 2.46. The van der Waals surface area contributed by atoms with Crippen molar-refractivity contribution in [2.24, 2.45) is 11.7 Å². The van der Waals surface area contributed by atoms with Crippen molar-refractivity contribution in [2.75, 3.05) is 0 Å². The fraction of sp³-hybridized carbons (Fsp3) is 0.462. The molecule has 0 aliphatic heterocycles. The maximum absolute atomic E-state index is 10.8. The average Bonchev–Trinajstić information content (AvgIpc) is 2.66. The van der Waals surface area contributed by atoms with Crippen molar-refractivity contribution in [3.8, 4) is 0 Å². The number of carbonyl (C=O) groups is 1. The molecule has 1 aliphatic carbocycles. The normalized spacial score (nSPS) is 24.2. The molecule has 1 aliphatic rings. The SMILES string of the molecule is NC(=O)OC1CCCC1Cc1ccccc1. The van der Waals surface area contributed by atoms with E-state index in [1.165, 1.54) is 5.56 Å². The van der Waals surface area contributed by atoms with Crippen molar-refractivity contribution in [3.63, 3.8) is 0 Å². The number of amides is 1. The third-order valence-corrected chi connectivity index (χ3v) is 3.20. The zero-order chi connectivity index (χ0) is 11.4. The van der Waals surface area contributed by atoms with Gasteiger partial charge in [-0.15, -0.1) is 0 Å². The number of hydrogen-bond acceptors (Lipinski definition) is 2. The fourth-order valence-electron chi connectivity index (χ4n) is 2.46. The van der Waals surface area contributed by atoms with Gasteiger partial charge in [0.2, 0.25) is 0 Å². The van der Waals surface area contributed by atoms with Gasteiger partial charge in [0.05, 0.1) is 0 Å². The van der Waals surface area contributed by atoms with E-state index >= 15 is 0 Å². The zero-order valence-electron chi connectivity index (χ0n) is 9.26. The average molecular weight is 219 g/mol. The molecule has 2 unspecified atom stereocenters. The highest BCUT2D eigenvalue weighted by Gasteiger charge is 2.29. The van der Waals surface area contributed by atoms with Gasteiger partial charge >= 0.3 is 6.09 Å². The lowest BCUT2D eigenvalue weighted by Gasteiger charge is -2.18. The number of benzene rings is 1. The summed E-state index contributed by atoms with van der Waals surface area (Å²) >= 11 is 0. The molecule has 2 rings (SSSR count). The van der Waals surface area contributed by atoms with Crippen LogP contribution >= 0.6 is 0 Å². The smallest absolute Gasteiger partial charge is 0.404 e. The second-order valence-corrected chi connectivity index (χ2v) is 4.36. The number of carbonyl (C=O) groups excluding carboxylic acids is 1. The molecule has 1 saturated carbocycles. The lowest BCUT2D eigenvalue weighted by atomic mass is 9.96. The van der Waals surface area contributed by atoms with E-state index in [0.717, 1.165) is 25.7 Å². The summed E-state index contributed by atoms with van der Waals surface area (Å²) in [7, 11) is 0. The van der Waals surface area contributed by atoms with E-state index in [-0.39, 0.29) is 6.10 Å². The highest BCUT2D eigenvalue weighted by Crippen LogP contribution is 2.31. The number of hydrogen-bond donors (Lipinski definition) is 1. The molecule has 0 radical (unpaired) electrons. The summed E-state index contributed by atoms with van der Waals surface area (Å²) in [6.07, 6.45) is 3.52. The van der Waals surface area contributed by atoms with Gasteiger partial charge in [0.15, 0.2) is 0 Å². The van der Waals surface area contributed by atoms with Crippen LogP contribution in [0.3, 0.4) is 0 Å². The summed E-state index contributed by atoms with van der Waals surface area (Å²) in [4.78, 5) is 10.8. The Morgan fingerprint density at radius 2 is 2.06 bits per heavy atom. The van der Waals surface area contributed by atoms with E-state index in [0.29, 0.717) is 5.92 Å². The molecule has 2 N–H and O–H groups in total. The van der Waals surface area contributed by atoms with Gasteiger partial charge in [0.1, 0.15) is 6.10 Å². The second-order valence-electron chi connectivity index (χ2n) is 4.36. The molecule has 1 fully saturated rings. The van der Waals surface area contributed by atoms with Crippen LogP contribution in [-0.2, 0) is 11.2 Å². The number of nitrogens with two attached hydrogens (primary N) is 1. The van der Waals surface area contributed by atoms with Gasteiger partial charge in [-0.3, -0.25) is 0 Å². The zero-order valence-corrected chi connectivity index (χ0v) is 9.26. The lowest BCUT2D eigenvalue weighted by molar-refractivity contribution is 0.0833. The van der Waals surface area contributed by atoms with E-state index in [4.69, 9.17) is 10.5 Å². The number of rotatable bonds is 3. The standard InChI is InChI=1S/C13H17NO2/c14-13(15)16-12-8-4-7-11(12)9-10-5-2-1-3-6-10/h1-3,5-6,11-12H,4,7-9H2,(H2,14,15). The van der Waals surface area contributed by atoms with Crippen LogP contribution in [0.2, 0.25) is 0 Å². The van der Waals surface area contributed by atoms with Crippen molar-refractivity contribution >= 4 is 6.09 Å². The molecule has 86 valence electrons. The summed E-state index contributed by atoms with van der Waals surface area (Å²) in [6, 6.07) is 10.3. The Morgan fingerprint density at radius 1 is 1.31 bits per heavy atom. The third kappa shape index (κ3) is 2.75. The van der Waals surface area contributed by atoms with Crippen LogP contribution in [0.4, 0.5) is 4.79 Å². The second kappa shape index (κ2) is 5.01. The van der Waals surface area contributed by atoms with E-state index in [1.54, 1.807) is 0 Å². The summed E-state index contributed by atoms with van der Waals surface area (Å²) in [5.41, 5.74) is 6.37. The predicted octanol–water partition coefficient (Wildman–Crippen LogP) is 2.49. The molecule has 3 nitrogen and oxygen atoms in total. The van der Waals surface area contributed by atoms with Crippen LogP contribution in [0.15, 0.2) is 30.3 Å². The molecule has 0 saturated heterocycles. The molecule has 3 heteroatoms. The Labute approximate surface area is 95.6 Å². The van der Waals surface area contributed by atoms with Gasteiger partial charge in [-0.05, 0) is 31.2 Å². The van der Waals surface area contributed by atoms with Gasteiger partial charge in [-0.2, -0.15) is 0 Å². The Kier molecular flexibility index (Phi) is 3.44. The molecular weight excluding hydrogens is 202 g/mol. The van der Waals surface area contributed by atoms with Crippen molar-refractivity contribution < 1.29 is 9.53 Å². The summed E-state index contributed by atoms with van der Waals surface area (Å²) in [6.45, 7) is 0. The lowest BCUT2D eigenvalue weighted by Crippen LogP contribution is -2.26. The molecule has 0 heterocycles. The van der Waals surface area contributed by atoms with E-state index in [1.807, 2.05) is 18.2 Å². The van der Waals surface area contributed by atoms with Crippen LogP contribution in [0, 0.1) is 5.92 Å². The van der Waals surface area contributed by atoms with E-state index in [9.17, 15) is 4.79 Å². The summed E-state index contributed by atoms with van der Waals surface area (Å²) < 4.78 is 5.13. The molecule has 16 heavy (non-hydrogen) atoms. The maximum atomic E-state index is 10.8. The molecule has 0 spiro atoms. The minimum atomic E-state index is -0.648. The molecular formula is C13H17NO2. The molecule has 2 atom stereocenters. The highest BCUT2D eigenvalue weighted by molar-refractivity contribution is 5.64. The van der Waals surface area contributed by atoms with Crippen molar-refractivity contribution in [1.82, 2.24) is 0 Å². The Bertz CT molecular complexity index is 350. The van der Waals surface area contributed by atoms with Crippen LogP contribution in [-0.4, -0.2) is 12.2 Å². The first-order valence-corrected chi connectivity index (χ1v) is 5.75. The van der Waals surface area contributed by atoms with E-state index in [2.05, 4.69) is 12.1 Å². The number of primary amides is 1. The largest absolute Gasteiger partial charge is 0.446 e. The van der Waals surface area contributed by atoms with Gasteiger partial charge in [-0.1, -0.05) is 30.3 Å². The van der Waals surface area contributed by atoms with Crippen LogP contribution in [0.1, 0.15) is 24.8 Å². The highest BCUT2D eigenvalue weighted by atomic mass is 16.6.